The minimum Gasteiger partial charge on any atom is -0.465 e. The molecule has 0 heterocycles. The van der Waals surface area contributed by atoms with Crippen molar-refractivity contribution in [2.75, 3.05) is 13.2 Å². The molecule has 0 amide bonds. The van der Waals surface area contributed by atoms with Crippen LogP contribution in [0.25, 0.3) is 0 Å². The van der Waals surface area contributed by atoms with Gasteiger partial charge >= 0.3 is 5.97 Å². The van der Waals surface area contributed by atoms with Crippen molar-refractivity contribution in [3.8, 4) is 0 Å². The number of nitroso groups, excluding NO2 is 1. The molecular formula is C8H16N2O3. The molecular weight excluding hydrogens is 172 g/mol. The zero-order chi connectivity index (χ0) is 10.3. The van der Waals surface area contributed by atoms with Gasteiger partial charge in [-0.2, -0.15) is 0 Å². The molecule has 5 heteroatoms. The number of hydrogen-bond acceptors (Lipinski definition) is 5. The van der Waals surface area contributed by atoms with Gasteiger partial charge in [0.1, 0.15) is 6.17 Å². The number of nitrogens with zero attached hydrogens (tertiary/aromatic N) is 1. The fourth-order valence-electron chi connectivity index (χ4n) is 0.795. The monoisotopic (exact) mass is 188 g/mol. The molecule has 0 radical (unpaired) electrons. The number of ether oxygens (including phenoxy) is 1. The van der Waals surface area contributed by atoms with Crippen LogP contribution in [0.5, 0.6) is 0 Å². The number of hydrogen-bond donors (Lipinski definition) is 1. The molecule has 0 spiro atoms. The minimum absolute atomic E-state index is 0.0302. The highest BCUT2D eigenvalue weighted by molar-refractivity contribution is 5.71. The van der Waals surface area contributed by atoms with Gasteiger partial charge in [-0.3, -0.25) is 10.1 Å². The zero-order valence-corrected chi connectivity index (χ0v) is 8.24. The normalized spacial score (nSPS) is 12.6. The smallest absolute Gasteiger partial charge is 0.319 e. The first-order valence-electron chi connectivity index (χ1n) is 4.33. The lowest BCUT2D eigenvalue weighted by Crippen LogP contribution is -2.36. The molecule has 76 valence electrons. The summed E-state index contributed by atoms with van der Waals surface area (Å²) >= 11 is 0. The van der Waals surface area contributed by atoms with Crippen LogP contribution in [0.15, 0.2) is 5.18 Å². The average Bonchev–Trinajstić information content (AvgIpc) is 2.05. The molecule has 0 aliphatic heterocycles. The van der Waals surface area contributed by atoms with E-state index in [0.29, 0.717) is 6.61 Å². The Bertz CT molecular complexity index is 171. The highest BCUT2D eigenvalue weighted by Crippen LogP contribution is 2.01. The first-order chi connectivity index (χ1) is 6.11. The van der Waals surface area contributed by atoms with E-state index >= 15 is 0 Å². The van der Waals surface area contributed by atoms with Gasteiger partial charge in [-0.15, -0.1) is 4.91 Å². The van der Waals surface area contributed by atoms with E-state index in [-0.39, 0.29) is 18.4 Å². The summed E-state index contributed by atoms with van der Waals surface area (Å²) in [5, 5.41) is 5.55. The van der Waals surface area contributed by atoms with Gasteiger partial charge < -0.3 is 4.74 Å². The SMILES string of the molecule is CCOC(=O)CNC(N=O)C(C)C. The summed E-state index contributed by atoms with van der Waals surface area (Å²) < 4.78 is 4.67. The molecule has 0 aromatic carbocycles. The van der Waals surface area contributed by atoms with Crippen LogP contribution >= 0.6 is 0 Å². The molecule has 0 aliphatic rings. The van der Waals surface area contributed by atoms with Crippen molar-refractivity contribution in [2.45, 2.75) is 26.9 Å². The fraction of sp³-hybridized carbons (Fsp3) is 0.875. The third kappa shape index (κ3) is 5.30. The van der Waals surface area contributed by atoms with Crippen LogP contribution in [0.3, 0.4) is 0 Å². The second-order valence-corrected chi connectivity index (χ2v) is 2.98. The van der Waals surface area contributed by atoms with Crippen LogP contribution in [-0.2, 0) is 9.53 Å². The zero-order valence-electron chi connectivity index (χ0n) is 8.24. The van der Waals surface area contributed by atoms with Crippen LogP contribution in [0.4, 0.5) is 0 Å². The number of rotatable bonds is 6. The van der Waals surface area contributed by atoms with E-state index < -0.39 is 6.17 Å². The predicted octanol–water partition coefficient (Wildman–Crippen LogP) is 0.888. The maximum absolute atomic E-state index is 10.9. The molecule has 0 bridgehead atoms. The van der Waals surface area contributed by atoms with Crippen molar-refractivity contribution < 1.29 is 9.53 Å². The molecule has 5 nitrogen and oxygen atoms in total. The van der Waals surface area contributed by atoms with E-state index in [9.17, 15) is 9.70 Å². The molecule has 0 aliphatic carbocycles. The third-order valence-corrected chi connectivity index (χ3v) is 1.51. The van der Waals surface area contributed by atoms with Gasteiger partial charge in [0.2, 0.25) is 0 Å². The Kier molecular flexibility index (Phi) is 6.05. The molecule has 1 atom stereocenters. The van der Waals surface area contributed by atoms with Crippen molar-refractivity contribution in [3.05, 3.63) is 4.91 Å². The number of carbonyl (C=O) groups excluding carboxylic acids is 1. The molecule has 0 aromatic heterocycles. The van der Waals surface area contributed by atoms with Crippen molar-refractivity contribution in [3.63, 3.8) is 0 Å². The standard InChI is InChI=1S/C8H16N2O3/c1-4-13-7(11)5-9-8(10-12)6(2)3/h6,8-9H,4-5H2,1-3H3. The first kappa shape index (κ1) is 12.0. The van der Waals surface area contributed by atoms with Crippen molar-refractivity contribution >= 4 is 5.97 Å². The molecule has 0 rings (SSSR count). The lowest BCUT2D eigenvalue weighted by atomic mass is 10.1. The summed E-state index contributed by atoms with van der Waals surface area (Å²) in [5.41, 5.74) is 0. The Morgan fingerprint density at radius 1 is 1.54 bits per heavy atom. The quantitative estimate of drug-likeness (QED) is 0.496. The van der Waals surface area contributed by atoms with E-state index in [2.05, 4.69) is 15.2 Å². The summed E-state index contributed by atoms with van der Waals surface area (Å²) in [7, 11) is 0. The predicted molar refractivity (Wildman–Crippen MR) is 49.1 cm³/mol. The molecule has 13 heavy (non-hydrogen) atoms. The Hall–Kier alpha value is -0.970. The van der Waals surface area contributed by atoms with Crippen LogP contribution in [0, 0.1) is 10.8 Å². The summed E-state index contributed by atoms with van der Waals surface area (Å²) in [6.07, 6.45) is -0.524. The molecule has 0 saturated carbocycles. The summed E-state index contributed by atoms with van der Waals surface area (Å²) in [6, 6.07) is 0. The molecule has 0 fully saturated rings. The number of nitrogens with one attached hydrogen (secondary N) is 1. The van der Waals surface area contributed by atoms with Gasteiger partial charge in [0.05, 0.1) is 13.2 Å². The lowest BCUT2D eigenvalue weighted by Gasteiger charge is -2.13. The Labute approximate surface area is 77.8 Å². The van der Waals surface area contributed by atoms with Gasteiger partial charge in [0.15, 0.2) is 0 Å². The molecule has 1 unspecified atom stereocenters. The van der Waals surface area contributed by atoms with Crippen molar-refractivity contribution in [1.29, 1.82) is 0 Å². The molecule has 1 N–H and O–H groups in total. The Balaban J connectivity index is 3.71. The van der Waals surface area contributed by atoms with E-state index in [1.54, 1.807) is 6.92 Å². The van der Waals surface area contributed by atoms with E-state index in [4.69, 9.17) is 0 Å². The van der Waals surface area contributed by atoms with Crippen molar-refractivity contribution in [2.24, 2.45) is 11.1 Å². The topological polar surface area (TPSA) is 67.8 Å². The van der Waals surface area contributed by atoms with E-state index in [0.717, 1.165) is 0 Å². The minimum atomic E-state index is -0.524. The first-order valence-corrected chi connectivity index (χ1v) is 4.33. The van der Waals surface area contributed by atoms with Gasteiger partial charge in [0, 0.05) is 0 Å². The molecule has 0 aromatic rings. The molecule has 0 saturated heterocycles. The average molecular weight is 188 g/mol. The maximum Gasteiger partial charge on any atom is 0.319 e. The van der Waals surface area contributed by atoms with Crippen LogP contribution in [0.1, 0.15) is 20.8 Å². The Morgan fingerprint density at radius 2 is 2.15 bits per heavy atom. The second-order valence-electron chi connectivity index (χ2n) is 2.98. The summed E-state index contributed by atoms with van der Waals surface area (Å²) in [5.74, 6) is -0.288. The largest absolute Gasteiger partial charge is 0.465 e. The number of esters is 1. The van der Waals surface area contributed by atoms with E-state index in [1.165, 1.54) is 0 Å². The van der Waals surface area contributed by atoms with Gasteiger partial charge in [-0.05, 0) is 12.8 Å². The van der Waals surface area contributed by atoms with Crippen LogP contribution in [0.2, 0.25) is 0 Å². The fourth-order valence-corrected chi connectivity index (χ4v) is 0.795. The summed E-state index contributed by atoms with van der Waals surface area (Å²) in [4.78, 5) is 21.1. The number of carbonyl (C=O) groups is 1. The highest BCUT2D eigenvalue weighted by atomic mass is 16.5. The van der Waals surface area contributed by atoms with E-state index in [1.807, 2.05) is 13.8 Å². The third-order valence-electron chi connectivity index (χ3n) is 1.51. The van der Waals surface area contributed by atoms with Gasteiger partial charge in [-0.1, -0.05) is 19.0 Å². The van der Waals surface area contributed by atoms with Crippen LogP contribution < -0.4 is 5.32 Å². The highest BCUT2D eigenvalue weighted by Gasteiger charge is 2.14. The van der Waals surface area contributed by atoms with Crippen LogP contribution in [-0.4, -0.2) is 25.3 Å². The van der Waals surface area contributed by atoms with Gasteiger partial charge in [0.25, 0.3) is 0 Å². The van der Waals surface area contributed by atoms with Gasteiger partial charge in [-0.25, -0.2) is 0 Å². The maximum atomic E-state index is 10.9. The Morgan fingerprint density at radius 3 is 2.54 bits per heavy atom. The van der Waals surface area contributed by atoms with Crippen molar-refractivity contribution in [1.82, 2.24) is 5.32 Å². The second kappa shape index (κ2) is 6.54. The lowest BCUT2D eigenvalue weighted by molar-refractivity contribution is -0.142. The summed E-state index contributed by atoms with van der Waals surface area (Å²) in [6.45, 7) is 5.81.